The zero-order valence-electron chi connectivity index (χ0n) is 8.04. The van der Waals surface area contributed by atoms with Gasteiger partial charge in [-0.2, -0.15) is 0 Å². The maximum absolute atomic E-state index is 13.1. The second-order valence-corrected chi connectivity index (χ2v) is 4.94. The first-order valence-electron chi connectivity index (χ1n) is 4.68. The summed E-state index contributed by atoms with van der Waals surface area (Å²) < 4.78 is 39.1. The van der Waals surface area contributed by atoms with E-state index < -0.39 is 22.4 Å². The number of hydrogen-bond acceptors (Lipinski definition) is 1. The Labute approximate surface area is 92.7 Å². The molecular weight excluding hydrogens is 230 g/mol. The summed E-state index contributed by atoms with van der Waals surface area (Å²) in [5, 5.41) is 1.24. The van der Waals surface area contributed by atoms with Crippen LogP contribution in [0.15, 0.2) is 36.4 Å². The molecule has 0 N–H and O–H groups in total. The topological polar surface area (TPSA) is 23.1 Å². The van der Waals surface area contributed by atoms with Gasteiger partial charge in [0.2, 0.25) is 0 Å². The summed E-state index contributed by atoms with van der Waals surface area (Å²) in [5.74, 6) is -1.87. The summed E-state index contributed by atoms with van der Waals surface area (Å²) in [7, 11) is -1.40. The van der Waals surface area contributed by atoms with E-state index in [-0.39, 0.29) is 0 Å². The fourth-order valence-corrected chi connectivity index (χ4v) is 3.26. The molecule has 1 heterocycles. The first kappa shape index (κ1) is 9.69. The minimum atomic E-state index is -1.40. The number of halogens is 2. The molecule has 2 aromatic carbocycles. The highest BCUT2D eigenvalue weighted by Gasteiger charge is 2.17. The number of rotatable bonds is 0. The lowest BCUT2D eigenvalue weighted by molar-refractivity contribution is 0.511. The summed E-state index contributed by atoms with van der Waals surface area (Å²) in [6, 6.07) is 9.13. The van der Waals surface area contributed by atoms with Gasteiger partial charge in [-0.15, -0.1) is 0 Å². The standard InChI is InChI=1S/C12H6F2OS/c13-9-5-8-7-3-1-2-4-11(7)16(15)12(8)6-10(9)14/h1-6H. The van der Waals surface area contributed by atoms with Gasteiger partial charge in [0, 0.05) is 11.5 Å². The summed E-state index contributed by atoms with van der Waals surface area (Å²) >= 11 is 0. The van der Waals surface area contributed by atoms with Crippen molar-refractivity contribution in [2.24, 2.45) is 0 Å². The predicted octanol–water partition coefficient (Wildman–Crippen LogP) is 4.00. The SMILES string of the molecule is [O-][s+]1c2ccccc2c2cc(F)c(F)cc21. The minimum Gasteiger partial charge on any atom is -0.590 e. The van der Waals surface area contributed by atoms with Gasteiger partial charge < -0.3 is 4.55 Å². The van der Waals surface area contributed by atoms with Crippen LogP contribution in [0, 0.1) is 11.6 Å². The molecule has 80 valence electrons. The Balaban J connectivity index is 2.62. The lowest BCUT2D eigenvalue weighted by atomic mass is 10.1. The van der Waals surface area contributed by atoms with Crippen molar-refractivity contribution < 1.29 is 13.3 Å². The normalized spacial score (nSPS) is 12.6. The Kier molecular flexibility index (Phi) is 1.96. The van der Waals surface area contributed by atoms with Gasteiger partial charge in [0.15, 0.2) is 21.0 Å². The van der Waals surface area contributed by atoms with Gasteiger partial charge in [-0.25, -0.2) is 8.78 Å². The van der Waals surface area contributed by atoms with E-state index in [2.05, 4.69) is 0 Å². The van der Waals surface area contributed by atoms with E-state index in [1.54, 1.807) is 24.3 Å². The van der Waals surface area contributed by atoms with E-state index >= 15 is 0 Å². The van der Waals surface area contributed by atoms with Crippen molar-refractivity contribution in [2.75, 3.05) is 0 Å². The molecule has 0 fully saturated rings. The monoisotopic (exact) mass is 236 g/mol. The zero-order valence-corrected chi connectivity index (χ0v) is 8.85. The summed E-state index contributed by atoms with van der Waals surface area (Å²) in [6.07, 6.45) is 0. The highest BCUT2D eigenvalue weighted by atomic mass is 32.2. The first-order chi connectivity index (χ1) is 7.68. The molecule has 16 heavy (non-hydrogen) atoms. The molecule has 0 aliphatic rings. The van der Waals surface area contributed by atoms with Crippen molar-refractivity contribution in [1.82, 2.24) is 0 Å². The van der Waals surface area contributed by atoms with Crippen molar-refractivity contribution in [3.8, 4) is 0 Å². The van der Waals surface area contributed by atoms with Crippen molar-refractivity contribution in [3.63, 3.8) is 0 Å². The molecular formula is C12H6F2OS. The lowest BCUT2D eigenvalue weighted by Crippen LogP contribution is -1.81. The van der Waals surface area contributed by atoms with Gasteiger partial charge in [-0.05, 0) is 28.9 Å². The van der Waals surface area contributed by atoms with E-state index in [0.29, 0.717) is 14.8 Å². The van der Waals surface area contributed by atoms with Crippen LogP contribution in [0.3, 0.4) is 0 Å². The number of thiophene rings is 1. The Morgan fingerprint density at radius 1 is 0.875 bits per heavy atom. The van der Waals surface area contributed by atoms with Crippen molar-refractivity contribution >= 4 is 30.9 Å². The van der Waals surface area contributed by atoms with Crippen LogP contribution in [-0.2, 0) is 0 Å². The van der Waals surface area contributed by atoms with E-state index in [1.165, 1.54) is 0 Å². The van der Waals surface area contributed by atoms with Crippen LogP contribution in [0.25, 0.3) is 20.2 Å². The summed E-state index contributed by atoms with van der Waals surface area (Å²) in [6.45, 7) is 0. The van der Waals surface area contributed by atoms with Crippen LogP contribution >= 0.6 is 10.8 Å². The van der Waals surface area contributed by atoms with Crippen LogP contribution < -0.4 is 0 Å². The molecule has 1 atom stereocenters. The molecule has 4 heteroatoms. The number of fused-ring (bicyclic) bond motifs is 3. The highest BCUT2D eigenvalue weighted by Crippen LogP contribution is 2.40. The molecule has 0 amide bonds. The summed E-state index contributed by atoms with van der Waals surface area (Å²) in [4.78, 5) is 0. The Bertz CT molecular complexity index is 703. The van der Waals surface area contributed by atoms with Crippen molar-refractivity contribution in [1.29, 1.82) is 0 Å². The third-order valence-corrected chi connectivity index (χ3v) is 4.09. The fraction of sp³-hybridized carbons (Fsp3) is 0. The predicted molar refractivity (Wildman–Crippen MR) is 60.0 cm³/mol. The van der Waals surface area contributed by atoms with Gasteiger partial charge in [0.25, 0.3) is 0 Å². The molecule has 0 spiro atoms. The maximum Gasteiger partial charge on any atom is 0.183 e. The van der Waals surface area contributed by atoms with E-state index in [9.17, 15) is 13.3 Å². The molecule has 0 saturated heterocycles. The van der Waals surface area contributed by atoms with Gasteiger partial charge in [-0.3, -0.25) is 0 Å². The van der Waals surface area contributed by atoms with Crippen LogP contribution in [0.5, 0.6) is 0 Å². The average Bonchev–Trinajstić information content (AvgIpc) is 2.55. The number of benzene rings is 2. The first-order valence-corrected chi connectivity index (χ1v) is 5.83. The van der Waals surface area contributed by atoms with Crippen molar-refractivity contribution in [2.45, 2.75) is 0 Å². The smallest absolute Gasteiger partial charge is 0.183 e. The third-order valence-electron chi connectivity index (χ3n) is 2.60. The highest BCUT2D eigenvalue weighted by molar-refractivity contribution is 7.37. The summed E-state index contributed by atoms with van der Waals surface area (Å²) in [5.41, 5.74) is 0. The Morgan fingerprint density at radius 3 is 2.38 bits per heavy atom. The molecule has 1 unspecified atom stereocenters. The second-order valence-electron chi connectivity index (χ2n) is 3.53. The van der Waals surface area contributed by atoms with Crippen LogP contribution in [-0.4, -0.2) is 4.55 Å². The Morgan fingerprint density at radius 2 is 1.56 bits per heavy atom. The largest absolute Gasteiger partial charge is 0.590 e. The molecule has 0 aliphatic carbocycles. The van der Waals surface area contributed by atoms with Gasteiger partial charge >= 0.3 is 0 Å². The van der Waals surface area contributed by atoms with E-state index in [0.717, 1.165) is 17.5 Å². The molecule has 3 aromatic rings. The van der Waals surface area contributed by atoms with Crippen molar-refractivity contribution in [3.05, 3.63) is 48.0 Å². The maximum atomic E-state index is 13.1. The van der Waals surface area contributed by atoms with Crippen LogP contribution in [0.2, 0.25) is 0 Å². The molecule has 0 aliphatic heterocycles. The molecule has 0 radical (unpaired) electrons. The fourth-order valence-electron chi connectivity index (χ4n) is 1.86. The minimum absolute atomic E-state index is 0.347. The van der Waals surface area contributed by atoms with Gasteiger partial charge in [0.1, 0.15) is 0 Å². The molecule has 3 rings (SSSR count). The average molecular weight is 236 g/mol. The molecule has 1 nitrogen and oxygen atoms in total. The van der Waals surface area contributed by atoms with E-state index in [1.807, 2.05) is 0 Å². The molecule has 0 saturated carbocycles. The van der Waals surface area contributed by atoms with Gasteiger partial charge in [-0.1, -0.05) is 12.1 Å². The molecule has 1 aromatic heterocycles. The van der Waals surface area contributed by atoms with Crippen LogP contribution in [0.4, 0.5) is 8.78 Å². The quantitative estimate of drug-likeness (QED) is 0.541. The van der Waals surface area contributed by atoms with Gasteiger partial charge in [0.05, 0.1) is 5.39 Å². The van der Waals surface area contributed by atoms with E-state index in [4.69, 9.17) is 0 Å². The third kappa shape index (κ3) is 1.17. The lowest BCUT2D eigenvalue weighted by Gasteiger charge is -1.92. The number of hydrogen-bond donors (Lipinski definition) is 0. The van der Waals surface area contributed by atoms with Crippen LogP contribution in [0.1, 0.15) is 0 Å². The second kappa shape index (κ2) is 3.23. The zero-order chi connectivity index (χ0) is 11.3. The molecule has 0 bridgehead atoms. The Hall–Kier alpha value is -1.52.